The van der Waals surface area contributed by atoms with E-state index in [1.54, 1.807) is 24.4 Å². The van der Waals surface area contributed by atoms with E-state index in [9.17, 15) is 9.59 Å². The SMILES string of the molecule is NC(=O)C1(C(N)=O)CC1c1ccc(Oc2ccnc3cc(-c4nnco4)ccc23)cc1. The monoisotopic (exact) mass is 415 g/mol. The van der Waals surface area contributed by atoms with Crippen molar-refractivity contribution in [2.45, 2.75) is 12.3 Å². The molecular weight excluding hydrogens is 398 g/mol. The van der Waals surface area contributed by atoms with E-state index in [1.165, 1.54) is 6.39 Å². The smallest absolute Gasteiger partial charge is 0.247 e. The number of fused-ring (bicyclic) bond motifs is 1. The van der Waals surface area contributed by atoms with Crippen LogP contribution in [0.4, 0.5) is 0 Å². The number of carbonyl (C=O) groups is 2. The largest absolute Gasteiger partial charge is 0.457 e. The van der Waals surface area contributed by atoms with Crippen LogP contribution in [0.1, 0.15) is 17.9 Å². The number of aromatic nitrogens is 3. The normalized spacial score (nSPS) is 16.7. The molecule has 1 atom stereocenters. The summed E-state index contributed by atoms with van der Waals surface area (Å²) in [6.07, 6.45) is 3.26. The molecule has 1 saturated carbocycles. The average Bonchev–Trinajstić information content (AvgIpc) is 3.31. The summed E-state index contributed by atoms with van der Waals surface area (Å²) in [7, 11) is 0. The van der Waals surface area contributed by atoms with Gasteiger partial charge in [0, 0.05) is 23.1 Å². The highest BCUT2D eigenvalue weighted by Gasteiger charge is 2.64. The predicted octanol–water partition coefficient (Wildman–Crippen LogP) is 2.52. The third-order valence-corrected chi connectivity index (χ3v) is 5.66. The van der Waals surface area contributed by atoms with Crippen molar-refractivity contribution in [2.24, 2.45) is 16.9 Å². The molecule has 4 aromatic rings. The van der Waals surface area contributed by atoms with E-state index < -0.39 is 17.2 Å². The topological polar surface area (TPSA) is 147 Å². The highest BCUT2D eigenvalue weighted by atomic mass is 16.5. The Morgan fingerprint density at radius 2 is 1.84 bits per heavy atom. The molecule has 2 aromatic heterocycles. The number of ether oxygens (including phenoxy) is 1. The summed E-state index contributed by atoms with van der Waals surface area (Å²) in [6.45, 7) is 0. The molecule has 1 fully saturated rings. The Labute approximate surface area is 176 Å². The number of benzene rings is 2. The molecule has 0 aliphatic heterocycles. The minimum atomic E-state index is -1.29. The Morgan fingerprint density at radius 1 is 1.06 bits per heavy atom. The van der Waals surface area contributed by atoms with Crippen molar-refractivity contribution in [1.29, 1.82) is 0 Å². The molecule has 31 heavy (non-hydrogen) atoms. The summed E-state index contributed by atoms with van der Waals surface area (Å²) >= 11 is 0. The first kappa shape index (κ1) is 18.7. The zero-order valence-corrected chi connectivity index (χ0v) is 16.2. The number of carbonyl (C=O) groups excluding carboxylic acids is 2. The van der Waals surface area contributed by atoms with Gasteiger partial charge in [-0.05, 0) is 48.4 Å². The Bertz CT molecular complexity index is 1290. The van der Waals surface area contributed by atoms with E-state index in [1.807, 2.05) is 30.3 Å². The fraction of sp³-hybridized carbons (Fsp3) is 0.136. The second-order valence-electron chi connectivity index (χ2n) is 7.41. The maximum Gasteiger partial charge on any atom is 0.247 e. The molecule has 1 unspecified atom stereocenters. The van der Waals surface area contributed by atoms with E-state index in [0.29, 0.717) is 23.8 Å². The van der Waals surface area contributed by atoms with Crippen LogP contribution in [0.25, 0.3) is 22.4 Å². The van der Waals surface area contributed by atoms with E-state index in [0.717, 1.165) is 22.0 Å². The van der Waals surface area contributed by atoms with E-state index in [2.05, 4.69) is 15.2 Å². The minimum absolute atomic E-state index is 0.304. The Morgan fingerprint density at radius 3 is 2.48 bits per heavy atom. The van der Waals surface area contributed by atoms with Crippen LogP contribution in [0, 0.1) is 5.41 Å². The van der Waals surface area contributed by atoms with Crippen LogP contribution in [0.5, 0.6) is 11.5 Å². The summed E-state index contributed by atoms with van der Waals surface area (Å²) < 4.78 is 11.3. The van der Waals surface area contributed by atoms with Gasteiger partial charge in [-0.3, -0.25) is 14.6 Å². The van der Waals surface area contributed by atoms with Gasteiger partial charge in [0.25, 0.3) is 0 Å². The molecule has 0 spiro atoms. The van der Waals surface area contributed by atoms with Crippen LogP contribution in [0.2, 0.25) is 0 Å². The number of amides is 2. The lowest BCUT2D eigenvalue weighted by Gasteiger charge is -2.11. The number of rotatable bonds is 6. The Hall–Kier alpha value is -4.27. The predicted molar refractivity (Wildman–Crippen MR) is 110 cm³/mol. The lowest BCUT2D eigenvalue weighted by atomic mass is 9.97. The van der Waals surface area contributed by atoms with Gasteiger partial charge < -0.3 is 20.6 Å². The van der Waals surface area contributed by atoms with Crippen molar-refractivity contribution < 1.29 is 18.7 Å². The second-order valence-corrected chi connectivity index (χ2v) is 7.41. The van der Waals surface area contributed by atoms with Gasteiger partial charge in [0.1, 0.15) is 16.9 Å². The molecule has 2 aromatic carbocycles. The van der Waals surface area contributed by atoms with E-state index in [4.69, 9.17) is 20.6 Å². The van der Waals surface area contributed by atoms with Gasteiger partial charge in [-0.1, -0.05) is 12.1 Å². The van der Waals surface area contributed by atoms with Crippen molar-refractivity contribution in [2.75, 3.05) is 0 Å². The van der Waals surface area contributed by atoms with Crippen LogP contribution in [0.3, 0.4) is 0 Å². The van der Waals surface area contributed by atoms with Gasteiger partial charge in [-0.25, -0.2) is 0 Å². The van der Waals surface area contributed by atoms with Crippen molar-refractivity contribution in [3.63, 3.8) is 0 Å². The third kappa shape index (κ3) is 3.07. The molecule has 9 heteroatoms. The van der Waals surface area contributed by atoms with E-state index >= 15 is 0 Å². The quantitative estimate of drug-likeness (QED) is 0.460. The van der Waals surface area contributed by atoms with Gasteiger partial charge in [0.15, 0.2) is 0 Å². The molecule has 0 radical (unpaired) electrons. The van der Waals surface area contributed by atoms with E-state index in [-0.39, 0.29) is 5.92 Å². The highest BCUT2D eigenvalue weighted by molar-refractivity contribution is 6.08. The number of hydrogen-bond donors (Lipinski definition) is 2. The van der Waals surface area contributed by atoms with Crippen molar-refractivity contribution in [1.82, 2.24) is 15.2 Å². The van der Waals surface area contributed by atoms with Crippen molar-refractivity contribution in [3.8, 4) is 23.0 Å². The molecule has 1 aliphatic rings. The minimum Gasteiger partial charge on any atom is -0.457 e. The molecular formula is C22H17N5O4. The average molecular weight is 415 g/mol. The summed E-state index contributed by atoms with van der Waals surface area (Å²) in [6, 6.07) is 14.5. The lowest BCUT2D eigenvalue weighted by molar-refractivity contribution is -0.133. The number of pyridine rings is 1. The standard InChI is InChI=1S/C22H17N5O4/c23-20(28)22(21(24)29)10-16(22)12-1-4-14(5-2-12)31-18-7-8-25-17-9-13(3-6-15(17)18)19-27-26-11-30-19/h1-9,11,16H,10H2,(H2,23,28)(H2,24,29). The van der Waals surface area contributed by atoms with Gasteiger partial charge in [-0.15, -0.1) is 10.2 Å². The van der Waals surface area contributed by atoms with Crippen LogP contribution in [-0.4, -0.2) is 27.0 Å². The summed E-state index contributed by atoms with van der Waals surface area (Å²) in [4.78, 5) is 27.8. The summed E-state index contributed by atoms with van der Waals surface area (Å²) in [5.74, 6) is -0.0384. The first-order valence-corrected chi connectivity index (χ1v) is 9.52. The van der Waals surface area contributed by atoms with Crippen LogP contribution in [0.15, 0.2) is 65.5 Å². The van der Waals surface area contributed by atoms with Crippen molar-refractivity contribution in [3.05, 3.63) is 66.7 Å². The maximum atomic E-state index is 11.7. The third-order valence-electron chi connectivity index (χ3n) is 5.66. The molecule has 9 nitrogen and oxygen atoms in total. The molecule has 2 heterocycles. The fourth-order valence-corrected chi connectivity index (χ4v) is 3.87. The van der Waals surface area contributed by atoms with Crippen LogP contribution >= 0.6 is 0 Å². The molecule has 0 saturated heterocycles. The first-order chi connectivity index (χ1) is 15.0. The van der Waals surface area contributed by atoms with Crippen LogP contribution < -0.4 is 16.2 Å². The Balaban J connectivity index is 1.39. The second kappa shape index (κ2) is 6.91. The molecule has 5 rings (SSSR count). The lowest BCUT2D eigenvalue weighted by Crippen LogP contribution is -2.38. The number of nitrogens with zero attached hydrogens (tertiary/aromatic N) is 3. The molecule has 1 aliphatic carbocycles. The molecule has 154 valence electrons. The fourth-order valence-electron chi connectivity index (χ4n) is 3.87. The van der Waals surface area contributed by atoms with Gasteiger partial charge >= 0.3 is 0 Å². The van der Waals surface area contributed by atoms with Crippen LogP contribution in [-0.2, 0) is 9.59 Å². The summed E-state index contributed by atoms with van der Waals surface area (Å²) in [5.41, 5.74) is 11.8. The first-order valence-electron chi connectivity index (χ1n) is 9.52. The number of hydrogen-bond acceptors (Lipinski definition) is 7. The maximum absolute atomic E-state index is 11.7. The number of nitrogens with two attached hydrogens (primary N) is 2. The van der Waals surface area contributed by atoms with Gasteiger partial charge in [0.05, 0.1) is 5.52 Å². The zero-order valence-electron chi connectivity index (χ0n) is 16.2. The van der Waals surface area contributed by atoms with Gasteiger partial charge in [0.2, 0.25) is 24.1 Å². The zero-order chi connectivity index (χ0) is 21.6. The highest BCUT2D eigenvalue weighted by Crippen LogP contribution is 2.59. The molecule has 0 bridgehead atoms. The molecule has 4 N–H and O–H groups in total. The summed E-state index contributed by atoms with van der Waals surface area (Å²) in [5, 5.41) is 8.42. The van der Waals surface area contributed by atoms with Crippen molar-refractivity contribution >= 4 is 22.7 Å². The van der Waals surface area contributed by atoms with Gasteiger partial charge in [-0.2, -0.15) is 0 Å². The molecule has 2 amide bonds. The Kier molecular flexibility index (Phi) is 4.18. The number of primary amides is 2.